The fourth-order valence-corrected chi connectivity index (χ4v) is 1.42. The summed E-state index contributed by atoms with van der Waals surface area (Å²) < 4.78 is 0. The average Bonchev–Trinajstić information content (AvgIpc) is 2.22. The van der Waals surface area contributed by atoms with E-state index in [2.05, 4.69) is 25.5 Å². The highest BCUT2D eigenvalue weighted by atomic mass is 14.0. The second-order valence-corrected chi connectivity index (χ2v) is 3.60. The summed E-state index contributed by atoms with van der Waals surface area (Å²) in [5, 5.41) is 0. The molecule has 0 spiro atoms. The van der Waals surface area contributed by atoms with Crippen molar-refractivity contribution in [3.8, 4) is 12.3 Å². The summed E-state index contributed by atoms with van der Waals surface area (Å²) in [5.74, 6) is 3.09. The van der Waals surface area contributed by atoms with E-state index >= 15 is 0 Å². The molecule has 78 valence electrons. The first-order valence-electron chi connectivity index (χ1n) is 5.60. The molecule has 0 nitrogen and oxygen atoms in total. The molecule has 0 aromatic carbocycles. The van der Waals surface area contributed by atoms with E-state index in [0.717, 1.165) is 6.42 Å². The lowest BCUT2D eigenvalue weighted by Gasteiger charge is -2.04. The number of terminal acetylenes is 1. The minimum absolute atomic E-state index is 0.301. The van der Waals surface area contributed by atoms with E-state index in [-0.39, 0.29) is 0 Å². The van der Waals surface area contributed by atoms with Crippen molar-refractivity contribution in [2.24, 2.45) is 5.92 Å². The molecule has 0 aliphatic heterocycles. The first-order valence-corrected chi connectivity index (χ1v) is 5.60. The van der Waals surface area contributed by atoms with Crippen LogP contribution in [0.5, 0.6) is 0 Å². The predicted molar refractivity (Wildman–Crippen MR) is 65.0 cm³/mol. The van der Waals surface area contributed by atoms with Gasteiger partial charge in [-0.2, -0.15) is 0 Å². The van der Waals surface area contributed by atoms with Gasteiger partial charge in [0.05, 0.1) is 0 Å². The minimum Gasteiger partial charge on any atom is -0.119 e. The lowest BCUT2D eigenvalue weighted by molar-refractivity contribution is 0.581. The summed E-state index contributed by atoms with van der Waals surface area (Å²) in [6, 6.07) is 0. The van der Waals surface area contributed by atoms with Crippen molar-refractivity contribution in [1.29, 1.82) is 0 Å². The summed E-state index contributed by atoms with van der Waals surface area (Å²) in [4.78, 5) is 0. The Morgan fingerprint density at radius 1 is 1.29 bits per heavy atom. The fourth-order valence-electron chi connectivity index (χ4n) is 1.42. The van der Waals surface area contributed by atoms with Crippen molar-refractivity contribution < 1.29 is 0 Å². The van der Waals surface area contributed by atoms with Crippen LogP contribution < -0.4 is 0 Å². The van der Waals surface area contributed by atoms with Crippen LogP contribution >= 0.6 is 0 Å². The molecular weight excluding hydrogens is 168 g/mol. The van der Waals surface area contributed by atoms with E-state index < -0.39 is 0 Å². The van der Waals surface area contributed by atoms with E-state index in [1.807, 2.05) is 6.08 Å². The Labute approximate surface area is 89.1 Å². The first kappa shape index (κ1) is 13.0. The maximum absolute atomic E-state index is 5.42. The smallest absolute Gasteiger partial charge is 0.0383 e. The van der Waals surface area contributed by atoms with Crippen LogP contribution in [0.1, 0.15) is 45.4 Å². The third-order valence-corrected chi connectivity index (χ3v) is 2.31. The van der Waals surface area contributed by atoms with Crippen LogP contribution in [0.25, 0.3) is 0 Å². The molecule has 0 aromatic heterocycles. The Balaban J connectivity index is 3.49. The average molecular weight is 190 g/mol. The molecule has 0 bridgehead atoms. The van der Waals surface area contributed by atoms with Crippen LogP contribution in [-0.4, -0.2) is 0 Å². The molecular formula is C14H22. The third kappa shape index (κ3) is 7.68. The van der Waals surface area contributed by atoms with Gasteiger partial charge >= 0.3 is 0 Å². The highest BCUT2D eigenvalue weighted by Gasteiger charge is 1.98. The highest BCUT2D eigenvalue weighted by molar-refractivity contribution is 5.09. The summed E-state index contributed by atoms with van der Waals surface area (Å²) in [6.07, 6.45) is 18.9. The lowest BCUT2D eigenvalue weighted by Crippen LogP contribution is -1.92. The van der Waals surface area contributed by atoms with Crippen LogP contribution in [0.3, 0.4) is 0 Å². The Hall–Kier alpha value is -0.960. The van der Waals surface area contributed by atoms with Crippen LogP contribution in [0.4, 0.5) is 0 Å². The summed E-state index contributed by atoms with van der Waals surface area (Å²) >= 11 is 0. The van der Waals surface area contributed by atoms with Crippen LogP contribution in [0.2, 0.25) is 0 Å². The largest absolute Gasteiger partial charge is 0.119 e. The van der Waals surface area contributed by atoms with Gasteiger partial charge in [-0.05, 0) is 6.42 Å². The number of allylic oxidation sites excluding steroid dienone is 3. The molecule has 0 heteroatoms. The molecule has 14 heavy (non-hydrogen) atoms. The quantitative estimate of drug-likeness (QED) is 0.303. The van der Waals surface area contributed by atoms with Crippen molar-refractivity contribution in [2.75, 3.05) is 0 Å². The van der Waals surface area contributed by atoms with Gasteiger partial charge in [-0.3, -0.25) is 0 Å². The molecule has 0 fully saturated rings. The van der Waals surface area contributed by atoms with E-state index in [1.165, 1.54) is 32.1 Å². The van der Waals surface area contributed by atoms with Gasteiger partial charge in [-0.25, -0.2) is 0 Å². The van der Waals surface area contributed by atoms with E-state index in [1.54, 1.807) is 6.08 Å². The number of unbranched alkanes of at least 4 members (excludes halogenated alkanes) is 4. The van der Waals surface area contributed by atoms with Gasteiger partial charge in [0.25, 0.3) is 0 Å². The van der Waals surface area contributed by atoms with Gasteiger partial charge in [0.1, 0.15) is 0 Å². The second-order valence-electron chi connectivity index (χ2n) is 3.60. The molecule has 1 unspecified atom stereocenters. The van der Waals surface area contributed by atoms with Gasteiger partial charge in [0.15, 0.2) is 0 Å². The van der Waals surface area contributed by atoms with Crippen molar-refractivity contribution in [2.45, 2.75) is 45.4 Å². The molecule has 1 atom stereocenters. The lowest BCUT2D eigenvalue weighted by atomic mass is 10.0. The Morgan fingerprint density at radius 3 is 2.57 bits per heavy atom. The molecule has 0 saturated carbocycles. The molecule has 0 N–H and O–H groups in total. The van der Waals surface area contributed by atoms with Crippen molar-refractivity contribution in [3.63, 3.8) is 0 Å². The predicted octanol–water partition coefficient (Wildman–Crippen LogP) is 4.34. The Morgan fingerprint density at radius 2 is 2.00 bits per heavy atom. The van der Waals surface area contributed by atoms with Crippen molar-refractivity contribution >= 4 is 0 Å². The molecule has 0 aliphatic rings. The van der Waals surface area contributed by atoms with Gasteiger partial charge < -0.3 is 0 Å². The number of rotatable bonds is 8. The van der Waals surface area contributed by atoms with Crippen molar-refractivity contribution in [1.82, 2.24) is 0 Å². The molecule has 0 amide bonds. The fraction of sp³-hybridized carbons (Fsp3) is 0.571. The topological polar surface area (TPSA) is 0 Å². The molecule has 0 aliphatic carbocycles. The molecule has 0 saturated heterocycles. The zero-order chi connectivity index (χ0) is 10.6. The van der Waals surface area contributed by atoms with E-state index in [9.17, 15) is 0 Å². The summed E-state index contributed by atoms with van der Waals surface area (Å²) in [5.41, 5.74) is 0. The second kappa shape index (κ2) is 10.1. The van der Waals surface area contributed by atoms with E-state index in [0.29, 0.717) is 5.92 Å². The monoisotopic (exact) mass is 190 g/mol. The summed E-state index contributed by atoms with van der Waals surface area (Å²) in [6.45, 7) is 5.87. The van der Waals surface area contributed by atoms with Gasteiger partial charge in [0.2, 0.25) is 0 Å². The summed E-state index contributed by atoms with van der Waals surface area (Å²) in [7, 11) is 0. The Bertz CT molecular complexity index is 193. The zero-order valence-corrected chi connectivity index (χ0v) is 9.34. The number of hydrogen-bond acceptors (Lipinski definition) is 0. The van der Waals surface area contributed by atoms with Crippen LogP contribution in [0.15, 0.2) is 24.8 Å². The SMILES string of the molecule is C#CC(/C=C/C=C)CCCCCCC. The zero-order valence-electron chi connectivity index (χ0n) is 9.34. The minimum atomic E-state index is 0.301. The molecule has 0 rings (SSSR count). The van der Waals surface area contributed by atoms with Crippen molar-refractivity contribution in [3.05, 3.63) is 24.8 Å². The Kier molecular flexibility index (Phi) is 9.43. The molecule has 0 aromatic rings. The normalized spacial score (nSPS) is 12.6. The number of hydrogen-bond donors (Lipinski definition) is 0. The van der Waals surface area contributed by atoms with Gasteiger partial charge in [0, 0.05) is 5.92 Å². The standard InChI is InChI=1S/C14H22/c1-4-7-9-10-11-13-14(6-3)12-8-5-2/h3,5,8,12,14H,2,4,7,9-11,13H2,1H3/b12-8+. The highest BCUT2D eigenvalue weighted by Crippen LogP contribution is 2.12. The third-order valence-electron chi connectivity index (χ3n) is 2.31. The van der Waals surface area contributed by atoms with Gasteiger partial charge in [-0.15, -0.1) is 6.42 Å². The van der Waals surface area contributed by atoms with Crippen LogP contribution in [-0.2, 0) is 0 Å². The first-order chi connectivity index (χ1) is 6.85. The maximum atomic E-state index is 5.42. The van der Waals surface area contributed by atoms with Crippen LogP contribution in [0, 0.1) is 18.3 Å². The molecule has 0 heterocycles. The van der Waals surface area contributed by atoms with E-state index in [4.69, 9.17) is 6.42 Å². The molecule has 0 radical (unpaired) electrons. The maximum Gasteiger partial charge on any atom is 0.0383 e. The van der Waals surface area contributed by atoms with Gasteiger partial charge in [-0.1, -0.05) is 69.8 Å².